The standard InChI is InChI=1S/C22H18N2O4/c1-26-17-11-16(12-18(13-17)27-2)23-22(25)15-8-9-20-19(10-15)21(28-24-20)14-6-4-3-5-7-14/h3-13H,1-2H3,(H,23,25). The molecule has 0 bridgehead atoms. The van der Waals surface area contributed by atoms with Crippen LogP contribution in [0.1, 0.15) is 10.4 Å². The molecule has 140 valence electrons. The average Bonchev–Trinajstić information content (AvgIpc) is 3.17. The molecule has 0 saturated heterocycles. The summed E-state index contributed by atoms with van der Waals surface area (Å²) < 4.78 is 16.0. The van der Waals surface area contributed by atoms with E-state index in [1.54, 1.807) is 50.6 Å². The highest BCUT2D eigenvalue weighted by atomic mass is 16.5. The Morgan fingerprint density at radius 3 is 2.32 bits per heavy atom. The molecule has 6 heteroatoms. The zero-order chi connectivity index (χ0) is 19.5. The van der Waals surface area contributed by atoms with Crippen LogP contribution in [0.5, 0.6) is 11.5 Å². The van der Waals surface area contributed by atoms with Crippen molar-refractivity contribution < 1.29 is 18.8 Å². The number of hydrogen-bond donors (Lipinski definition) is 1. The number of rotatable bonds is 5. The van der Waals surface area contributed by atoms with E-state index in [2.05, 4.69) is 10.5 Å². The minimum absolute atomic E-state index is 0.252. The minimum atomic E-state index is -0.252. The molecule has 6 nitrogen and oxygen atoms in total. The van der Waals surface area contributed by atoms with Gasteiger partial charge < -0.3 is 19.3 Å². The molecule has 0 aliphatic carbocycles. The Bertz CT molecular complexity index is 1110. The predicted molar refractivity (Wildman–Crippen MR) is 107 cm³/mol. The number of anilines is 1. The quantitative estimate of drug-likeness (QED) is 0.545. The summed E-state index contributed by atoms with van der Waals surface area (Å²) >= 11 is 0. The van der Waals surface area contributed by atoms with Crippen molar-refractivity contribution in [1.82, 2.24) is 5.16 Å². The fourth-order valence-corrected chi connectivity index (χ4v) is 2.96. The van der Waals surface area contributed by atoms with E-state index in [1.807, 2.05) is 30.3 Å². The molecule has 0 spiro atoms. The van der Waals surface area contributed by atoms with Crippen LogP contribution < -0.4 is 14.8 Å². The van der Waals surface area contributed by atoms with Crippen molar-refractivity contribution in [3.8, 4) is 22.8 Å². The van der Waals surface area contributed by atoms with Crippen molar-refractivity contribution in [2.45, 2.75) is 0 Å². The third kappa shape index (κ3) is 3.40. The SMILES string of the molecule is COc1cc(NC(=O)c2ccc3noc(-c4ccccc4)c3c2)cc(OC)c1. The Balaban J connectivity index is 1.67. The van der Waals surface area contributed by atoms with E-state index < -0.39 is 0 Å². The maximum atomic E-state index is 12.8. The molecule has 0 aliphatic heterocycles. The number of hydrogen-bond acceptors (Lipinski definition) is 5. The topological polar surface area (TPSA) is 73.6 Å². The number of nitrogens with zero attached hydrogens (tertiary/aromatic N) is 1. The molecule has 0 unspecified atom stereocenters. The van der Waals surface area contributed by atoms with Crippen LogP contribution in [0.2, 0.25) is 0 Å². The summed E-state index contributed by atoms with van der Waals surface area (Å²) in [5.74, 6) is 1.57. The maximum Gasteiger partial charge on any atom is 0.255 e. The number of ether oxygens (including phenoxy) is 2. The van der Waals surface area contributed by atoms with Gasteiger partial charge in [-0.25, -0.2) is 0 Å². The van der Waals surface area contributed by atoms with E-state index in [1.165, 1.54) is 0 Å². The minimum Gasteiger partial charge on any atom is -0.497 e. The van der Waals surface area contributed by atoms with Crippen LogP contribution in [-0.2, 0) is 0 Å². The molecule has 0 atom stereocenters. The lowest BCUT2D eigenvalue weighted by atomic mass is 10.1. The van der Waals surface area contributed by atoms with Gasteiger partial charge in [0.25, 0.3) is 5.91 Å². The van der Waals surface area contributed by atoms with Crippen molar-refractivity contribution in [2.24, 2.45) is 0 Å². The van der Waals surface area contributed by atoms with Crippen LogP contribution in [0, 0.1) is 0 Å². The van der Waals surface area contributed by atoms with Gasteiger partial charge in [-0.1, -0.05) is 35.5 Å². The number of fused-ring (bicyclic) bond motifs is 1. The normalized spacial score (nSPS) is 10.6. The lowest BCUT2D eigenvalue weighted by molar-refractivity contribution is 0.102. The lowest BCUT2D eigenvalue weighted by Gasteiger charge is -2.10. The summed E-state index contributed by atoms with van der Waals surface area (Å²) in [6.45, 7) is 0. The molecular formula is C22H18N2O4. The number of methoxy groups -OCH3 is 2. The third-order valence-electron chi connectivity index (χ3n) is 4.38. The van der Waals surface area contributed by atoms with Crippen molar-refractivity contribution in [1.29, 1.82) is 0 Å². The Labute approximate surface area is 161 Å². The number of carbonyl (C=O) groups excluding carboxylic acids is 1. The average molecular weight is 374 g/mol. The second-order valence-corrected chi connectivity index (χ2v) is 6.17. The zero-order valence-electron chi connectivity index (χ0n) is 15.4. The first-order valence-corrected chi connectivity index (χ1v) is 8.67. The van der Waals surface area contributed by atoms with E-state index in [-0.39, 0.29) is 5.91 Å². The number of benzene rings is 3. The molecule has 0 radical (unpaired) electrons. The second-order valence-electron chi connectivity index (χ2n) is 6.17. The Morgan fingerprint density at radius 2 is 1.64 bits per heavy atom. The molecule has 1 aromatic heterocycles. The molecule has 4 aromatic rings. The summed E-state index contributed by atoms with van der Waals surface area (Å²) in [6, 6.07) is 20.1. The second kappa shape index (κ2) is 7.44. The molecule has 0 saturated carbocycles. The van der Waals surface area contributed by atoms with Gasteiger partial charge in [-0.05, 0) is 18.2 Å². The first-order valence-electron chi connectivity index (χ1n) is 8.67. The molecule has 1 heterocycles. The molecule has 4 rings (SSSR count). The first-order chi connectivity index (χ1) is 13.7. The van der Waals surface area contributed by atoms with Crippen molar-refractivity contribution in [2.75, 3.05) is 19.5 Å². The summed E-state index contributed by atoms with van der Waals surface area (Å²) in [6.07, 6.45) is 0. The van der Waals surface area contributed by atoms with Gasteiger partial charge in [0.1, 0.15) is 17.0 Å². The van der Waals surface area contributed by atoms with Crippen LogP contribution in [0.25, 0.3) is 22.2 Å². The monoisotopic (exact) mass is 374 g/mol. The summed E-state index contributed by atoms with van der Waals surface area (Å²) in [7, 11) is 3.12. The highest BCUT2D eigenvalue weighted by Crippen LogP contribution is 2.30. The maximum absolute atomic E-state index is 12.8. The van der Waals surface area contributed by atoms with Gasteiger partial charge in [0.05, 0.1) is 19.6 Å². The van der Waals surface area contributed by atoms with Crippen LogP contribution in [0.3, 0.4) is 0 Å². The molecular weight excluding hydrogens is 356 g/mol. The van der Waals surface area contributed by atoms with E-state index in [9.17, 15) is 4.79 Å². The highest BCUT2D eigenvalue weighted by Gasteiger charge is 2.14. The zero-order valence-corrected chi connectivity index (χ0v) is 15.4. The van der Waals surface area contributed by atoms with Crippen LogP contribution in [0.4, 0.5) is 5.69 Å². The fourth-order valence-electron chi connectivity index (χ4n) is 2.96. The van der Waals surface area contributed by atoms with Gasteiger partial charge in [0.2, 0.25) is 0 Å². The number of carbonyl (C=O) groups is 1. The molecule has 28 heavy (non-hydrogen) atoms. The smallest absolute Gasteiger partial charge is 0.255 e. The first kappa shape index (κ1) is 17.6. The van der Waals surface area contributed by atoms with Crippen LogP contribution >= 0.6 is 0 Å². The van der Waals surface area contributed by atoms with Gasteiger partial charge in [-0.3, -0.25) is 4.79 Å². The third-order valence-corrected chi connectivity index (χ3v) is 4.38. The van der Waals surface area contributed by atoms with E-state index in [4.69, 9.17) is 14.0 Å². The summed E-state index contributed by atoms with van der Waals surface area (Å²) in [5, 5.41) is 7.74. The molecule has 3 aromatic carbocycles. The van der Waals surface area contributed by atoms with E-state index in [0.717, 1.165) is 10.9 Å². The van der Waals surface area contributed by atoms with Crippen LogP contribution in [0.15, 0.2) is 71.3 Å². The van der Waals surface area contributed by atoms with Gasteiger partial charge in [-0.15, -0.1) is 0 Å². The van der Waals surface area contributed by atoms with E-state index >= 15 is 0 Å². The van der Waals surface area contributed by atoms with Crippen LogP contribution in [-0.4, -0.2) is 25.3 Å². The van der Waals surface area contributed by atoms with Crippen molar-refractivity contribution >= 4 is 22.5 Å². The highest BCUT2D eigenvalue weighted by molar-refractivity contribution is 6.07. The largest absolute Gasteiger partial charge is 0.497 e. The van der Waals surface area contributed by atoms with Crippen molar-refractivity contribution in [3.05, 3.63) is 72.3 Å². The lowest BCUT2D eigenvalue weighted by Crippen LogP contribution is -2.12. The van der Waals surface area contributed by atoms with Gasteiger partial charge in [0, 0.05) is 35.0 Å². The van der Waals surface area contributed by atoms with E-state index in [0.29, 0.717) is 34.0 Å². The van der Waals surface area contributed by atoms with Crippen molar-refractivity contribution in [3.63, 3.8) is 0 Å². The molecule has 0 aliphatic rings. The Morgan fingerprint density at radius 1 is 0.929 bits per heavy atom. The number of nitrogens with one attached hydrogen (secondary N) is 1. The molecule has 1 N–H and O–H groups in total. The Hall–Kier alpha value is -3.80. The number of amides is 1. The Kier molecular flexibility index (Phi) is 4.68. The summed E-state index contributed by atoms with van der Waals surface area (Å²) in [4.78, 5) is 12.8. The number of aromatic nitrogens is 1. The fraction of sp³-hybridized carbons (Fsp3) is 0.0909. The molecule has 0 fully saturated rings. The predicted octanol–water partition coefficient (Wildman–Crippen LogP) is 4.76. The molecule has 1 amide bonds. The summed E-state index contributed by atoms with van der Waals surface area (Å²) in [5.41, 5.74) is 2.67. The van der Waals surface area contributed by atoms with Gasteiger partial charge >= 0.3 is 0 Å². The van der Waals surface area contributed by atoms with Gasteiger partial charge in [0.15, 0.2) is 5.76 Å². The van der Waals surface area contributed by atoms with Gasteiger partial charge in [-0.2, -0.15) is 0 Å².